The number of nitrogens with zero attached hydrogens (tertiary/aromatic N) is 2. The number of H-pyrrole nitrogens is 1. The van der Waals surface area contributed by atoms with E-state index in [0.29, 0.717) is 30.2 Å². The first kappa shape index (κ1) is 19.6. The van der Waals surface area contributed by atoms with Crippen LogP contribution in [0.1, 0.15) is 28.1 Å². The molecule has 2 N–H and O–H groups in total. The number of benzene rings is 1. The Balaban J connectivity index is 1.54. The van der Waals surface area contributed by atoms with Crippen LogP contribution in [-0.2, 0) is 4.74 Å². The molecule has 7 nitrogen and oxygen atoms in total. The van der Waals surface area contributed by atoms with Crippen LogP contribution in [0.2, 0.25) is 0 Å². The van der Waals surface area contributed by atoms with Crippen molar-refractivity contribution in [3.8, 4) is 5.69 Å². The molecule has 8 heteroatoms. The summed E-state index contributed by atoms with van der Waals surface area (Å²) in [5.41, 5.74) is 1.31. The van der Waals surface area contributed by atoms with Crippen LogP contribution in [0.15, 0.2) is 53.1 Å². The van der Waals surface area contributed by atoms with Gasteiger partial charge in [0, 0.05) is 31.5 Å². The van der Waals surface area contributed by atoms with E-state index in [1.165, 1.54) is 0 Å². The number of aryl methyl sites for hydroxylation is 1. The third-order valence-electron chi connectivity index (χ3n) is 5.06. The molecule has 1 amide bonds. The lowest BCUT2D eigenvalue weighted by atomic mass is 10.1. The summed E-state index contributed by atoms with van der Waals surface area (Å²) in [5, 5.41) is 3.06. The quantitative estimate of drug-likeness (QED) is 0.608. The van der Waals surface area contributed by atoms with Crippen molar-refractivity contribution >= 4 is 18.1 Å². The summed E-state index contributed by atoms with van der Waals surface area (Å²) >= 11 is 5.38. The van der Waals surface area contributed by atoms with Gasteiger partial charge in [-0.05, 0) is 43.4 Å². The van der Waals surface area contributed by atoms with Gasteiger partial charge < -0.3 is 19.5 Å². The van der Waals surface area contributed by atoms with Crippen molar-refractivity contribution in [3.63, 3.8) is 0 Å². The number of para-hydroxylation sites is 1. The molecule has 1 aromatic carbocycles. The lowest BCUT2D eigenvalue weighted by Crippen LogP contribution is -2.43. The van der Waals surface area contributed by atoms with Crippen molar-refractivity contribution < 1.29 is 13.9 Å². The van der Waals surface area contributed by atoms with Gasteiger partial charge in [0.25, 0.3) is 5.91 Å². The van der Waals surface area contributed by atoms with Gasteiger partial charge in [-0.3, -0.25) is 14.3 Å². The normalized spacial score (nSPS) is 15.9. The Kier molecular flexibility index (Phi) is 5.94. The van der Waals surface area contributed by atoms with Crippen LogP contribution in [0.3, 0.4) is 0 Å². The highest BCUT2D eigenvalue weighted by Crippen LogP contribution is 2.23. The molecule has 0 saturated carbocycles. The number of carbonyl (C=O) groups excluding carboxylic acids is 1. The Hall–Kier alpha value is -2.68. The predicted octanol–water partition coefficient (Wildman–Crippen LogP) is 3.24. The molecule has 152 valence electrons. The Morgan fingerprint density at radius 3 is 2.66 bits per heavy atom. The minimum Gasteiger partial charge on any atom is -0.465 e. The van der Waals surface area contributed by atoms with Crippen molar-refractivity contribution in [1.82, 2.24) is 19.8 Å². The monoisotopic (exact) mass is 412 g/mol. The summed E-state index contributed by atoms with van der Waals surface area (Å²) in [6.45, 7) is 5.30. The summed E-state index contributed by atoms with van der Waals surface area (Å²) in [6.07, 6.45) is 1.64. The number of nitrogens with one attached hydrogen (secondary N) is 2. The maximum atomic E-state index is 13.0. The fourth-order valence-electron chi connectivity index (χ4n) is 3.58. The van der Waals surface area contributed by atoms with Crippen molar-refractivity contribution in [2.45, 2.75) is 13.0 Å². The molecule has 0 spiro atoms. The van der Waals surface area contributed by atoms with E-state index in [0.717, 1.165) is 30.3 Å². The first-order chi connectivity index (χ1) is 14.1. The fourth-order valence-corrected chi connectivity index (χ4v) is 3.84. The fraction of sp³-hybridized carbons (Fsp3) is 0.333. The van der Waals surface area contributed by atoms with Crippen molar-refractivity contribution in [2.24, 2.45) is 0 Å². The zero-order chi connectivity index (χ0) is 20.2. The number of morpholine rings is 1. The smallest absolute Gasteiger partial charge is 0.269 e. The highest BCUT2D eigenvalue weighted by atomic mass is 32.1. The largest absolute Gasteiger partial charge is 0.465 e. The van der Waals surface area contributed by atoms with Crippen molar-refractivity contribution in [1.29, 1.82) is 0 Å². The molecule has 1 aliphatic rings. The van der Waals surface area contributed by atoms with E-state index < -0.39 is 0 Å². The average molecular weight is 413 g/mol. The summed E-state index contributed by atoms with van der Waals surface area (Å²) in [5.74, 6) is 1.51. The molecule has 4 rings (SSSR count). The van der Waals surface area contributed by atoms with Gasteiger partial charge in [-0.25, -0.2) is 0 Å². The van der Waals surface area contributed by atoms with Crippen molar-refractivity contribution in [3.05, 3.63) is 70.6 Å². The lowest BCUT2D eigenvalue weighted by Gasteiger charge is -2.33. The number of rotatable bonds is 6. The molecule has 1 unspecified atom stereocenters. The van der Waals surface area contributed by atoms with Gasteiger partial charge in [-0.1, -0.05) is 18.2 Å². The number of furan rings is 1. The Labute approximate surface area is 174 Å². The van der Waals surface area contributed by atoms with E-state index in [1.54, 1.807) is 10.8 Å². The number of ether oxygens (including phenoxy) is 1. The van der Waals surface area contributed by atoms with Crippen LogP contribution >= 0.6 is 12.2 Å². The maximum absolute atomic E-state index is 13.0. The van der Waals surface area contributed by atoms with Crippen LogP contribution in [0.5, 0.6) is 0 Å². The lowest BCUT2D eigenvalue weighted by molar-refractivity contribution is 0.0116. The topological polar surface area (TPSA) is 75.4 Å². The number of aromatic amines is 1. The number of imidazole rings is 1. The Bertz CT molecular complexity index is 1020. The molecule has 1 fully saturated rings. The number of aromatic nitrogens is 2. The molecule has 0 bridgehead atoms. The Morgan fingerprint density at radius 2 is 1.97 bits per heavy atom. The molecule has 0 radical (unpaired) electrons. The average Bonchev–Trinajstić information content (AvgIpc) is 3.35. The number of amides is 1. The third kappa shape index (κ3) is 4.34. The molecular weight excluding hydrogens is 388 g/mol. The second kappa shape index (κ2) is 8.77. The zero-order valence-corrected chi connectivity index (χ0v) is 17.1. The van der Waals surface area contributed by atoms with Gasteiger partial charge in [0.15, 0.2) is 4.77 Å². The highest BCUT2D eigenvalue weighted by molar-refractivity contribution is 7.71. The summed E-state index contributed by atoms with van der Waals surface area (Å²) in [4.78, 5) is 18.3. The molecule has 3 heterocycles. The van der Waals surface area contributed by atoms with Gasteiger partial charge in [0.05, 0.1) is 19.3 Å². The molecule has 1 aliphatic heterocycles. The number of hydrogen-bond acceptors (Lipinski definition) is 5. The molecular formula is C21H24N4O3S. The molecule has 1 atom stereocenters. The van der Waals surface area contributed by atoms with E-state index in [2.05, 4.69) is 15.2 Å². The van der Waals surface area contributed by atoms with E-state index in [4.69, 9.17) is 21.4 Å². The highest BCUT2D eigenvalue weighted by Gasteiger charge is 2.26. The second-order valence-electron chi connectivity index (χ2n) is 6.97. The maximum Gasteiger partial charge on any atom is 0.269 e. The predicted molar refractivity (Wildman–Crippen MR) is 112 cm³/mol. The van der Waals surface area contributed by atoms with Gasteiger partial charge >= 0.3 is 0 Å². The molecule has 1 saturated heterocycles. The van der Waals surface area contributed by atoms with Crippen LogP contribution in [0.4, 0.5) is 0 Å². The summed E-state index contributed by atoms with van der Waals surface area (Å²) in [7, 11) is 0. The molecule has 2 aromatic heterocycles. The van der Waals surface area contributed by atoms with Crippen LogP contribution in [0, 0.1) is 11.7 Å². The van der Waals surface area contributed by atoms with E-state index in [9.17, 15) is 4.79 Å². The third-order valence-corrected chi connectivity index (χ3v) is 5.36. The molecule has 29 heavy (non-hydrogen) atoms. The van der Waals surface area contributed by atoms with Gasteiger partial charge in [0.1, 0.15) is 17.2 Å². The SMILES string of the molecule is Cc1ccc(C(CNC(=O)c2c[nH]c(=S)n2-c2ccccc2)N2CCOCC2)o1. The molecule has 0 aliphatic carbocycles. The molecule has 3 aromatic rings. The number of hydrogen-bond donors (Lipinski definition) is 2. The van der Waals surface area contributed by atoms with Crippen LogP contribution < -0.4 is 5.32 Å². The van der Waals surface area contributed by atoms with E-state index >= 15 is 0 Å². The standard InChI is InChI=1S/C21H24N4O3S/c1-15-7-8-19(28-15)17(24-9-11-27-12-10-24)13-22-20(26)18-14-23-21(29)25(18)16-5-3-2-4-6-16/h2-8,14,17H,9-13H2,1H3,(H,22,26)(H,23,29). The minimum absolute atomic E-state index is 0.0522. The van der Waals surface area contributed by atoms with E-state index in [1.807, 2.05) is 49.4 Å². The van der Waals surface area contributed by atoms with Gasteiger partial charge in [0.2, 0.25) is 0 Å². The zero-order valence-electron chi connectivity index (χ0n) is 16.3. The first-order valence-electron chi connectivity index (χ1n) is 9.65. The summed E-state index contributed by atoms with van der Waals surface area (Å²) in [6, 6.07) is 13.5. The second-order valence-corrected chi connectivity index (χ2v) is 7.36. The van der Waals surface area contributed by atoms with Crippen LogP contribution in [0.25, 0.3) is 5.69 Å². The van der Waals surface area contributed by atoms with E-state index in [-0.39, 0.29) is 11.9 Å². The van der Waals surface area contributed by atoms with Gasteiger partial charge in [-0.15, -0.1) is 0 Å². The first-order valence-corrected chi connectivity index (χ1v) is 10.1. The van der Waals surface area contributed by atoms with Gasteiger partial charge in [-0.2, -0.15) is 0 Å². The van der Waals surface area contributed by atoms with Crippen molar-refractivity contribution in [2.75, 3.05) is 32.8 Å². The van der Waals surface area contributed by atoms with Crippen LogP contribution in [-0.4, -0.2) is 53.2 Å². The summed E-state index contributed by atoms with van der Waals surface area (Å²) < 4.78 is 13.6. The number of carbonyl (C=O) groups is 1. The minimum atomic E-state index is -0.192. The Morgan fingerprint density at radius 1 is 1.21 bits per heavy atom.